The standard InChI is InChI=1S/C16H16Cl2FNO/c1-9-10(4-2-5-12(9)17)16(21)11(8-20)15-13(18)6-3-7-14(15)19/h2-7,11,16,21H,8,20H2,1H3. The minimum atomic E-state index is -0.983. The molecule has 0 aromatic heterocycles. The number of halogens is 3. The number of hydrogen-bond donors (Lipinski definition) is 2. The number of benzene rings is 2. The van der Waals surface area contributed by atoms with Crippen molar-refractivity contribution >= 4 is 23.2 Å². The Hall–Kier alpha value is -1.13. The second-order valence-electron chi connectivity index (χ2n) is 4.88. The molecule has 21 heavy (non-hydrogen) atoms. The summed E-state index contributed by atoms with van der Waals surface area (Å²) in [7, 11) is 0. The van der Waals surface area contributed by atoms with Gasteiger partial charge in [-0.05, 0) is 36.2 Å². The second kappa shape index (κ2) is 6.75. The predicted molar refractivity (Wildman–Crippen MR) is 84.4 cm³/mol. The van der Waals surface area contributed by atoms with Crippen LogP contribution in [0.1, 0.15) is 28.7 Å². The van der Waals surface area contributed by atoms with Crippen LogP contribution in [-0.4, -0.2) is 11.7 Å². The van der Waals surface area contributed by atoms with E-state index in [-0.39, 0.29) is 17.1 Å². The molecule has 2 atom stereocenters. The molecule has 2 rings (SSSR count). The maximum atomic E-state index is 14.1. The molecule has 0 saturated heterocycles. The van der Waals surface area contributed by atoms with Gasteiger partial charge in [0.2, 0.25) is 0 Å². The van der Waals surface area contributed by atoms with Crippen molar-refractivity contribution < 1.29 is 9.50 Å². The second-order valence-corrected chi connectivity index (χ2v) is 5.69. The Labute approximate surface area is 133 Å². The summed E-state index contributed by atoms with van der Waals surface area (Å²) >= 11 is 12.1. The van der Waals surface area contributed by atoms with Gasteiger partial charge in [0, 0.05) is 28.1 Å². The minimum Gasteiger partial charge on any atom is -0.388 e. The summed E-state index contributed by atoms with van der Waals surface area (Å²) in [5, 5.41) is 11.4. The molecule has 0 heterocycles. The zero-order valence-electron chi connectivity index (χ0n) is 11.5. The average Bonchev–Trinajstić information content (AvgIpc) is 2.45. The highest BCUT2D eigenvalue weighted by Gasteiger charge is 2.27. The normalized spacial score (nSPS) is 14.0. The van der Waals surface area contributed by atoms with Crippen LogP contribution in [0.2, 0.25) is 10.0 Å². The van der Waals surface area contributed by atoms with E-state index in [1.807, 2.05) is 0 Å². The fourth-order valence-corrected chi connectivity index (χ4v) is 2.92. The smallest absolute Gasteiger partial charge is 0.128 e. The molecule has 0 aliphatic rings. The first-order valence-electron chi connectivity index (χ1n) is 6.54. The molecule has 0 saturated carbocycles. The molecule has 0 aliphatic heterocycles. The monoisotopic (exact) mass is 327 g/mol. The van der Waals surface area contributed by atoms with Gasteiger partial charge >= 0.3 is 0 Å². The van der Waals surface area contributed by atoms with E-state index in [1.54, 1.807) is 31.2 Å². The molecule has 0 bridgehead atoms. The van der Waals surface area contributed by atoms with Crippen LogP contribution in [0.4, 0.5) is 4.39 Å². The summed E-state index contributed by atoms with van der Waals surface area (Å²) in [5.74, 6) is -1.12. The Morgan fingerprint density at radius 2 is 1.76 bits per heavy atom. The summed E-state index contributed by atoms with van der Waals surface area (Å²) in [6, 6.07) is 9.64. The number of aliphatic hydroxyl groups excluding tert-OH is 1. The van der Waals surface area contributed by atoms with Crippen molar-refractivity contribution in [2.75, 3.05) is 6.54 Å². The summed E-state index contributed by atoms with van der Waals surface area (Å²) in [6.07, 6.45) is -0.983. The van der Waals surface area contributed by atoms with Crippen LogP contribution in [0.5, 0.6) is 0 Å². The molecular formula is C16H16Cl2FNO. The van der Waals surface area contributed by atoms with E-state index >= 15 is 0 Å². The molecule has 0 spiro atoms. The van der Waals surface area contributed by atoms with E-state index in [1.165, 1.54) is 12.1 Å². The van der Waals surface area contributed by atoms with Gasteiger partial charge in [0.15, 0.2) is 0 Å². The van der Waals surface area contributed by atoms with Gasteiger partial charge in [0.05, 0.1) is 6.10 Å². The highest BCUT2D eigenvalue weighted by molar-refractivity contribution is 6.31. The molecule has 0 amide bonds. The first-order chi connectivity index (χ1) is 9.97. The highest BCUT2D eigenvalue weighted by atomic mass is 35.5. The molecule has 3 N–H and O–H groups in total. The van der Waals surface area contributed by atoms with Gasteiger partial charge in [-0.1, -0.05) is 41.4 Å². The lowest BCUT2D eigenvalue weighted by Gasteiger charge is -2.25. The van der Waals surface area contributed by atoms with E-state index in [0.29, 0.717) is 10.6 Å². The average molecular weight is 328 g/mol. The van der Waals surface area contributed by atoms with Crippen molar-refractivity contribution in [3.05, 3.63) is 69.0 Å². The van der Waals surface area contributed by atoms with Crippen molar-refractivity contribution in [3.63, 3.8) is 0 Å². The SMILES string of the molecule is Cc1c(Cl)cccc1C(O)C(CN)c1c(F)cccc1Cl. The van der Waals surface area contributed by atoms with Crippen molar-refractivity contribution in [2.24, 2.45) is 5.73 Å². The van der Waals surface area contributed by atoms with Crippen LogP contribution in [0, 0.1) is 12.7 Å². The summed E-state index contributed by atoms with van der Waals surface area (Å²) < 4.78 is 14.1. The van der Waals surface area contributed by atoms with Gasteiger partial charge in [-0.25, -0.2) is 4.39 Å². The van der Waals surface area contributed by atoms with Gasteiger partial charge in [-0.3, -0.25) is 0 Å². The third-order valence-corrected chi connectivity index (χ3v) is 4.37. The molecule has 0 radical (unpaired) electrons. The van der Waals surface area contributed by atoms with Crippen molar-refractivity contribution in [3.8, 4) is 0 Å². The summed E-state index contributed by atoms with van der Waals surface area (Å²) in [6.45, 7) is 1.87. The Balaban J connectivity index is 2.48. The van der Waals surface area contributed by atoms with Crippen molar-refractivity contribution in [2.45, 2.75) is 18.9 Å². The number of rotatable bonds is 4. The van der Waals surface area contributed by atoms with Gasteiger partial charge in [-0.2, -0.15) is 0 Å². The number of aliphatic hydroxyl groups is 1. The molecular weight excluding hydrogens is 312 g/mol. The Morgan fingerprint density at radius 3 is 2.38 bits per heavy atom. The van der Waals surface area contributed by atoms with E-state index < -0.39 is 17.8 Å². The first kappa shape index (κ1) is 16.2. The third kappa shape index (κ3) is 3.22. The van der Waals surface area contributed by atoms with Crippen LogP contribution in [0.3, 0.4) is 0 Å². The molecule has 0 aliphatic carbocycles. The molecule has 0 fully saturated rings. The van der Waals surface area contributed by atoms with Crippen molar-refractivity contribution in [1.29, 1.82) is 0 Å². The molecule has 5 heteroatoms. The number of nitrogens with two attached hydrogens (primary N) is 1. The number of hydrogen-bond acceptors (Lipinski definition) is 2. The van der Waals surface area contributed by atoms with E-state index in [4.69, 9.17) is 28.9 Å². The predicted octanol–water partition coefficient (Wildman–Crippen LogP) is 4.22. The molecule has 2 aromatic rings. The minimum absolute atomic E-state index is 0.0633. The lowest BCUT2D eigenvalue weighted by atomic mass is 9.87. The van der Waals surface area contributed by atoms with E-state index in [2.05, 4.69) is 0 Å². The first-order valence-corrected chi connectivity index (χ1v) is 7.30. The van der Waals surface area contributed by atoms with E-state index in [9.17, 15) is 9.50 Å². The zero-order valence-corrected chi connectivity index (χ0v) is 13.0. The summed E-state index contributed by atoms with van der Waals surface area (Å²) in [5.41, 5.74) is 7.35. The van der Waals surface area contributed by atoms with Gasteiger partial charge in [-0.15, -0.1) is 0 Å². The van der Waals surface area contributed by atoms with Crippen LogP contribution < -0.4 is 5.73 Å². The lowest BCUT2D eigenvalue weighted by Crippen LogP contribution is -2.22. The topological polar surface area (TPSA) is 46.2 Å². The summed E-state index contributed by atoms with van der Waals surface area (Å²) in [4.78, 5) is 0. The Kier molecular flexibility index (Phi) is 5.22. The zero-order chi connectivity index (χ0) is 15.6. The molecule has 112 valence electrons. The Morgan fingerprint density at radius 1 is 1.14 bits per heavy atom. The third-order valence-electron chi connectivity index (χ3n) is 3.63. The molecule has 2 nitrogen and oxygen atoms in total. The Bertz CT molecular complexity index is 628. The molecule has 2 unspecified atom stereocenters. The molecule has 2 aromatic carbocycles. The largest absolute Gasteiger partial charge is 0.388 e. The highest BCUT2D eigenvalue weighted by Crippen LogP contribution is 2.37. The maximum absolute atomic E-state index is 14.1. The van der Waals surface area contributed by atoms with Crippen LogP contribution in [0.25, 0.3) is 0 Å². The van der Waals surface area contributed by atoms with Gasteiger partial charge < -0.3 is 10.8 Å². The lowest BCUT2D eigenvalue weighted by molar-refractivity contribution is 0.145. The van der Waals surface area contributed by atoms with E-state index in [0.717, 1.165) is 5.56 Å². The fourth-order valence-electron chi connectivity index (χ4n) is 2.43. The van der Waals surface area contributed by atoms with Gasteiger partial charge in [0.1, 0.15) is 5.82 Å². The van der Waals surface area contributed by atoms with Crippen LogP contribution >= 0.6 is 23.2 Å². The maximum Gasteiger partial charge on any atom is 0.128 e. The van der Waals surface area contributed by atoms with Crippen LogP contribution in [-0.2, 0) is 0 Å². The quantitative estimate of drug-likeness (QED) is 0.883. The van der Waals surface area contributed by atoms with Gasteiger partial charge in [0.25, 0.3) is 0 Å². The fraction of sp³-hybridized carbons (Fsp3) is 0.250. The van der Waals surface area contributed by atoms with Crippen LogP contribution in [0.15, 0.2) is 36.4 Å². The van der Waals surface area contributed by atoms with Crippen molar-refractivity contribution in [1.82, 2.24) is 0 Å².